The first-order valence-corrected chi connectivity index (χ1v) is 7.76. The molecule has 1 fully saturated rings. The van der Waals surface area contributed by atoms with Gasteiger partial charge in [-0.1, -0.05) is 0 Å². The van der Waals surface area contributed by atoms with Crippen molar-refractivity contribution in [2.45, 2.75) is 44.2 Å². The van der Waals surface area contributed by atoms with Gasteiger partial charge in [0.05, 0.1) is 6.10 Å². The number of nitrogens with two attached hydrogens (primary N) is 1. The fourth-order valence-electron chi connectivity index (χ4n) is 2.27. The molecule has 1 heterocycles. The minimum Gasteiger partial charge on any atom is -0.378 e. The van der Waals surface area contributed by atoms with Gasteiger partial charge in [-0.3, -0.25) is 0 Å². The SMILES string of the molecule is NC1CCC(OCCCNc2ccc(Br)cn2)CC1. The first kappa shape index (κ1) is 14.8. The lowest BCUT2D eigenvalue weighted by molar-refractivity contribution is 0.0251. The van der Waals surface area contributed by atoms with Gasteiger partial charge in [0.1, 0.15) is 5.82 Å². The van der Waals surface area contributed by atoms with Crippen molar-refractivity contribution in [2.75, 3.05) is 18.5 Å². The van der Waals surface area contributed by atoms with Gasteiger partial charge in [0.2, 0.25) is 0 Å². The van der Waals surface area contributed by atoms with E-state index in [1.54, 1.807) is 6.20 Å². The summed E-state index contributed by atoms with van der Waals surface area (Å²) in [4.78, 5) is 4.26. The van der Waals surface area contributed by atoms with Crippen LogP contribution in [0.25, 0.3) is 0 Å². The molecule has 19 heavy (non-hydrogen) atoms. The molecule has 4 nitrogen and oxygen atoms in total. The van der Waals surface area contributed by atoms with Gasteiger partial charge in [0.25, 0.3) is 0 Å². The Hall–Kier alpha value is -0.650. The molecule has 0 atom stereocenters. The maximum atomic E-state index is 5.87. The molecule has 1 aliphatic rings. The maximum Gasteiger partial charge on any atom is 0.125 e. The van der Waals surface area contributed by atoms with Crippen LogP contribution in [0.1, 0.15) is 32.1 Å². The second kappa shape index (κ2) is 7.82. The summed E-state index contributed by atoms with van der Waals surface area (Å²) >= 11 is 3.37. The quantitative estimate of drug-likeness (QED) is 0.788. The molecule has 0 bridgehead atoms. The average molecular weight is 328 g/mol. The molecule has 2 rings (SSSR count). The van der Waals surface area contributed by atoms with Crippen LogP contribution < -0.4 is 11.1 Å². The zero-order valence-corrected chi connectivity index (χ0v) is 12.7. The van der Waals surface area contributed by atoms with Gasteiger partial charge in [0.15, 0.2) is 0 Å². The summed E-state index contributed by atoms with van der Waals surface area (Å²) < 4.78 is 6.86. The fraction of sp³-hybridized carbons (Fsp3) is 0.643. The number of hydrogen-bond acceptors (Lipinski definition) is 4. The summed E-state index contributed by atoms with van der Waals surface area (Å²) in [7, 11) is 0. The van der Waals surface area contributed by atoms with E-state index in [1.165, 1.54) is 0 Å². The summed E-state index contributed by atoms with van der Waals surface area (Å²) in [5, 5.41) is 3.28. The van der Waals surface area contributed by atoms with Gasteiger partial charge in [-0.05, 0) is 60.2 Å². The lowest BCUT2D eigenvalue weighted by atomic mass is 9.94. The van der Waals surface area contributed by atoms with Crippen LogP contribution in [0.2, 0.25) is 0 Å². The molecule has 1 aliphatic carbocycles. The Kier molecular flexibility index (Phi) is 6.07. The first-order valence-electron chi connectivity index (χ1n) is 6.96. The van der Waals surface area contributed by atoms with Crippen molar-refractivity contribution in [1.29, 1.82) is 0 Å². The number of rotatable bonds is 6. The van der Waals surface area contributed by atoms with Gasteiger partial charge < -0.3 is 15.8 Å². The van der Waals surface area contributed by atoms with Crippen molar-refractivity contribution in [1.82, 2.24) is 4.98 Å². The van der Waals surface area contributed by atoms with Crippen molar-refractivity contribution in [3.8, 4) is 0 Å². The first-order chi connectivity index (χ1) is 9.24. The number of pyridine rings is 1. The van der Waals surface area contributed by atoms with Gasteiger partial charge in [-0.2, -0.15) is 0 Å². The standard InChI is InChI=1S/C14H22BrN3O/c15-11-2-7-14(18-10-11)17-8-1-9-19-13-5-3-12(16)4-6-13/h2,7,10,12-13H,1,3-6,8-9,16H2,(H,17,18). The molecule has 1 aromatic heterocycles. The van der Waals surface area contributed by atoms with E-state index in [9.17, 15) is 0 Å². The third kappa shape index (κ3) is 5.47. The van der Waals surface area contributed by atoms with Crippen molar-refractivity contribution in [3.05, 3.63) is 22.8 Å². The summed E-state index contributed by atoms with van der Waals surface area (Å²) in [6, 6.07) is 4.34. The van der Waals surface area contributed by atoms with Crippen molar-refractivity contribution >= 4 is 21.7 Å². The van der Waals surface area contributed by atoms with Crippen LogP contribution in [-0.4, -0.2) is 30.3 Å². The van der Waals surface area contributed by atoms with Crippen LogP contribution in [-0.2, 0) is 4.74 Å². The molecule has 0 saturated heterocycles. The highest BCUT2D eigenvalue weighted by Crippen LogP contribution is 2.19. The van der Waals surface area contributed by atoms with E-state index in [1.807, 2.05) is 12.1 Å². The highest BCUT2D eigenvalue weighted by atomic mass is 79.9. The van der Waals surface area contributed by atoms with E-state index in [-0.39, 0.29) is 0 Å². The molecule has 0 unspecified atom stereocenters. The molecule has 5 heteroatoms. The van der Waals surface area contributed by atoms with Gasteiger partial charge >= 0.3 is 0 Å². The molecule has 3 N–H and O–H groups in total. The molecule has 1 aromatic rings. The molecule has 0 aliphatic heterocycles. The smallest absolute Gasteiger partial charge is 0.125 e. The van der Waals surface area contributed by atoms with E-state index >= 15 is 0 Å². The van der Waals surface area contributed by atoms with Crippen LogP contribution in [0.5, 0.6) is 0 Å². The second-order valence-electron chi connectivity index (χ2n) is 5.05. The van der Waals surface area contributed by atoms with E-state index in [2.05, 4.69) is 26.2 Å². The monoisotopic (exact) mass is 327 g/mol. The van der Waals surface area contributed by atoms with E-state index < -0.39 is 0 Å². The van der Waals surface area contributed by atoms with Crippen LogP contribution in [0.4, 0.5) is 5.82 Å². The third-order valence-corrected chi connectivity index (χ3v) is 3.90. The number of ether oxygens (including phenoxy) is 1. The highest BCUT2D eigenvalue weighted by Gasteiger charge is 2.18. The molecular weight excluding hydrogens is 306 g/mol. The molecular formula is C14H22BrN3O. The Morgan fingerprint density at radius 3 is 2.79 bits per heavy atom. The van der Waals surface area contributed by atoms with Gasteiger partial charge in [0, 0.05) is 29.9 Å². The van der Waals surface area contributed by atoms with Crippen LogP contribution in [0.3, 0.4) is 0 Å². The predicted molar refractivity (Wildman–Crippen MR) is 81.2 cm³/mol. The molecule has 0 radical (unpaired) electrons. The number of anilines is 1. The summed E-state index contributed by atoms with van der Waals surface area (Å²) in [5.41, 5.74) is 5.87. The van der Waals surface area contributed by atoms with Crippen LogP contribution in [0, 0.1) is 0 Å². The predicted octanol–water partition coefficient (Wildman–Crippen LogP) is 2.93. The minimum atomic E-state index is 0.394. The van der Waals surface area contributed by atoms with E-state index in [0.29, 0.717) is 12.1 Å². The number of aromatic nitrogens is 1. The largest absolute Gasteiger partial charge is 0.378 e. The van der Waals surface area contributed by atoms with Crippen molar-refractivity contribution in [3.63, 3.8) is 0 Å². The third-order valence-electron chi connectivity index (χ3n) is 3.43. The van der Waals surface area contributed by atoms with Gasteiger partial charge in [-0.15, -0.1) is 0 Å². The van der Waals surface area contributed by atoms with Crippen molar-refractivity contribution in [2.24, 2.45) is 5.73 Å². The number of hydrogen-bond donors (Lipinski definition) is 2. The zero-order valence-electron chi connectivity index (χ0n) is 11.1. The van der Waals surface area contributed by atoms with Crippen LogP contribution >= 0.6 is 15.9 Å². The topological polar surface area (TPSA) is 60.2 Å². The minimum absolute atomic E-state index is 0.394. The Labute approximate surface area is 123 Å². The Morgan fingerprint density at radius 1 is 1.32 bits per heavy atom. The van der Waals surface area contributed by atoms with Crippen molar-refractivity contribution < 1.29 is 4.74 Å². The molecule has 106 valence electrons. The molecule has 0 spiro atoms. The van der Waals surface area contributed by atoms with E-state index in [0.717, 1.165) is 55.5 Å². The maximum absolute atomic E-state index is 5.87. The zero-order chi connectivity index (χ0) is 13.5. The molecule has 1 saturated carbocycles. The highest BCUT2D eigenvalue weighted by molar-refractivity contribution is 9.10. The molecule has 0 aromatic carbocycles. The van der Waals surface area contributed by atoms with E-state index in [4.69, 9.17) is 10.5 Å². The number of nitrogens with zero attached hydrogens (tertiary/aromatic N) is 1. The number of halogens is 1. The Balaban J connectivity index is 1.53. The lowest BCUT2D eigenvalue weighted by Gasteiger charge is -2.26. The number of nitrogens with one attached hydrogen (secondary N) is 1. The lowest BCUT2D eigenvalue weighted by Crippen LogP contribution is -2.30. The summed E-state index contributed by atoms with van der Waals surface area (Å²) in [6.07, 6.45) is 7.65. The van der Waals surface area contributed by atoms with Crippen LogP contribution in [0.15, 0.2) is 22.8 Å². The second-order valence-corrected chi connectivity index (χ2v) is 5.97. The fourth-order valence-corrected chi connectivity index (χ4v) is 2.51. The van der Waals surface area contributed by atoms with Gasteiger partial charge in [-0.25, -0.2) is 4.98 Å². The average Bonchev–Trinajstić information content (AvgIpc) is 2.43. The molecule has 0 amide bonds. The Bertz CT molecular complexity index is 363. The Morgan fingerprint density at radius 2 is 2.11 bits per heavy atom. The normalized spacial score (nSPS) is 23.3. The summed E-state index contributed by atoms with van der Waals surface area (Å²) in [6.45, 7) is 1.70. The summed E-state index contributed by atoms with van der Waals surface area (Å²) in [5.74, 6) is 0.909.